The molecule has 7 nitrogen and oxygen atoms in total. The van der Waals surface area contributed by atoms with Crippen molar-refractivity contribution in [1.82, 2.24) is 5.32 Å². The van der Waals surface area contributed by atoms with Crippen LogP contribution in [0.25, 0.3) is 0 Å². The van der Waals surface area contributed by atoms with Crippen molar-refractivity contribution in [2.45, 2.75) is 86.9 Å². The van der Waals surface area contributed by atoms with Gasteiger partial charge >= 0.3 is 5.97 Å². The number of hydrogen-bond donors (Lipinski definition) is 1. The fourth-order valence-corrected chi connectivity index (χ4v) is 5.27. The smallest absolute Gasteiger partial charge is 0.303 e. The van der Waals surface area contributed by atoms with Crippen LogP contribution in [0, 0.1) is 23.7 Å². The van der Waals surface area contributed by atoms with Crippen LogP contribution in [0.15, 0.2) is 58.4 Å². The minimum atomic E-state index is -0.459. The minimum Gasteiger partial charge on any atom is -0.457 e. The first-order valence-electron chi connectivity index (χ1n) is 13.9. The molecule has 0 radical (unpaired) electrons. The second-order valence-corrected chi connectivity index (χ2v) is 11.1. The van der Waals surface area contributed by atoms with Gasteiger partial charge < -0.3 is 14.8 Å². The van der Waals surface area contributed by atoms with Gasteiger partial charge in [0, 0.05) is 42.7 Å². The van der Waals surface area contributed by atoms with E-state index in [0.29, 0.717) is 29.6 Å². The highest BCUT2D eigenvalue weighted by Crippen LogP contribution is 2.31. The van der Waals surface area contributed by atoms with Crippen molar-refractivity contribution in [1.29, 1.82) is 0 Å². The van der Waals surface area contributed by atoms with Crippen molar-refractivity contribution in [3.05, 3.63) is 58.4 Å². The second-order valence-electron chi connectivity index (χ2n) is 11.1. The van der Waals surface area contributed by atoms with E-state index in [4.69, 9.17) is 9.47 Å². The third-order valence-corrected chi connectivity index (χ3v) is 7.96. The number of fused-ring (bicyclic) bond motifs is 2. The summed E-state index contributed by atoms with van der Waals surface area (Å²) in [7, 11) is 1.69. The Labute approximate surface area is 233 Å². The number of allylic oxidation sites excluding steroid dienone is 6. The van der Waals surface area contributed by atoms with Gasteiger partial charge in [0.05, 0.1) is 11.8 Å². The molecule has 214 valence electrons. The van der Waals surface area contributed by atoms with Gasteiger partial charge in [-0.3, -0.25) is 19.2 Å². The summed E-state index contributed by atoms with van der Waals surface area (Å²) in [6.07, 6.45) is 10.0. The van der Waals surface area contributed by atoms with Crippen molar-refractivity contribution in [2.24, 2.45) is 23.7 Å². The third-order valence-electron chi connectivity index (χ3n) is 7.96. The molecule has 7 heteroatoms. The summed E-state index contributed by atoms with van der Waals surface area (Å²) < 4.78 is 11.7. The van der Waals surface area contributed by atoms with E-state index < -0.39 is 12.0 Å². The zero-order valence-electron chi connectivity index (χ0n) is 24.9. The molecule has 1 amide bonds. The molecular formula is C32H45NO6. The third kappa shape index (κ3) is 8.46. The molecule has 0 aromatic carbocycles. The molecule has 0 spiro atoms. The Morgan fingerprint density at radius 1 is 1.10 bits per heavy atom. The molecule has 39 heavy (non-hydrogen) atoms. The van der Waals surface area contributed by atoms with Gasteiger partial charge in [-0.05, 0) is 63.4 Å². The van der Waals surface area contributed by atoms with Crippen molar-refractivity contribution < 1.29 is 28.7 Å². The number of hydrogen-bond acceptors (Lipinski definition) is 6. The average molecular weight is 540 g/mol. The van der Waals surface area contributed by atoms with Crippen molar-refractivity contribution in [3.63, 3.8) is 0 Å². The van der Waals surface area contributed by atoms with Crippen LogP contribution in [0.5, 0.6) is 0 Å². The predicted molar refractivity (Wildman–Crippen MR) is 152 cm³/mol. The summed E-state index contributed by atoms with van der Waals surface area (Å²) >= 11 is 0. The lowest BCUT2D eigenvalue weighted by atomic mass is 9.81. The zero-order chi connectivity index (χ0) is 29.4. The van der Waals surface area contributed by atoms with Crippen molar-refractivity contribution in [3.8, 4) is 0 Å². The molecule has 0 saturated carbocycles. The molecule has 6 atom stereocenters. The standard InChI is InChI=1S/C32H45NO6/c1-10-25-13-11-12-19(3)32(37)33-27-17-28(35)23(7)26(30(27)36)14-18(2)15-29(38-9)22(6)20(4)16-21(5)31(25)39-24(8)34/h11-13,16-18,20,22,25,29,31H,10,14-15H2,1-9H3,(H,33,37)/b13-11-,19-12+,21-16+/t18-,20+,22?,25?,29?,31?/m1/s1. The molecule has 1 aliphatic carbocycles. The van der Waals surface area contributed by atoms with Gasteiger partial charge in [-0.1, -0.05) is 52.0 Å². The molecule has 2 rings (SSSR count). The Kier molecular flexibility index (Phi) is 11.8. The molecule has 1 N–H and O–H groups in total. The Bertz CT molecular complexity index is 1120. The van der Waals surface area contributed by atoms with Gasteiger partial charge in [-0.25, -0.2) is 0 Å². The first-order chi connectivity index (χ1) is 18.3. The lowest BCUT2D eigenvalue weighted by Gasteiger charge is -2.31. The Morgan fingerprint density at radius 2 is 1.77 bits per heavy atom. The Hall–Kier alpha value is -3.06. The normalized spacial score (nSPS) is 33.4. The number of ketones is 2. The summed E-state index contributed by atoms with van der Waals surface area (Å²) in [5, 5.41) is 2.64. The molecular weight excluding hydrogens is 494 g/mol. The van der Waals surface area contributed by atoms with E-state index in [1.807, 2.05) is 26.8 Å². The maximum absolute atomic E-state index is 13.3. The summed E-state index contributed by atoms with van der Waals surface area (Å²) in [6.45, 7) is 15.0. The molecule has 2 bridgehead atoms. The van der Waals surface area contributed by atoms with E-state index in [-0.39, 0.29) is 53.0 Å². The van der Waals surface area contributed by atoms with Crippen molar-refractivity contribution >= 4 is 23.4 Å². The zero-order valence-corrected chi connectivity index (χ0v) is 24.9. The van der Waals surface area contributed by atoms with Gasteiger partial charge in [0.25, 0.3) is 5.91 Å². The Balaban J connectivity index is 2.58. The van der Waals surface area contributed by atoms with E-state index in [1.165, 1.54) is 13.0 Å². The minimum absolute atomic E-state index is 0.00101. The summed E-state index contributed by atoms with van der Waals surface area (Å²) in [6, 6.07) is 0. The molecule has 0 aromatic heterocycles. The Morgan fingerprint density at radius 3 is 2.36 bits per heavy atom. The number of amides is 1. The van der Waals surface area contributed by atoms with Gasteiger partial charge in [0.2, 0.25) is 5.78 Å². The number of ether oxygens (including phenoxy) is 2. The first kappa shape index (κ1) is 32.2. The molecule has 1 heterocycles. The molecule has 0 aromatic rings. The lowest BCUT2D eigenvalue weighted by molar-refractivity contribution is -0.146. The molecule has 0 saturated heterocycles. The van der Waals surface area contributed by atoms with Crippen LogP contribution < -0.4 is 5.32 Å². The number of rotatable bonds is 3. The lowest BCUT2D eigenvalue weighted by Crippen LogP contribution is -2.33. The number of nitrogens with one attached hydrogen (secondary N) is 1. The van der Waals surface area contributed by atoms with E-state index in [1.54, 1.807) is 33.1 Å². The second kappa shape index (κ2) is 14.4. The highest BCUT2D eigenvalue weighted by atomic mass is 16.5. The number of methoxy groups -OCH3 is 1. The fourth-order valence-electron chi connectivity index (χ4n) is 5.27. The predicted octanol–water partition coefficient (Wildman–Crippen LogP) is 5.58. The number of esters is 1. The molecule has 4 unspecified atom stereocenters. The highest BCUT2D eigenvalue weighted by molar-refractivity contribution is 6.23. The van der Waals surface area contributed by atoms with Gasteiger partial charge in [-0.15, -0.1) is 0 Å². The van der Waals surface area contributed by atoms with Crippen LogP contribution in [-0.4, -0.2) is 42.8 Å². The average Bonchev–Trinajstić information content (AvgIpc) is 2.88. The maximum atomic E-state index is 13.3. The van der Waals surface area contributed by atoms with Gasteiger partial charge in [0.15, 0.2) is 5.78 Å². The van der Waals surface area contributed by atoms with Crippen LogP contribution in [-0.2, 0) is 28.7 Å². The topological polar surface area (TPSA) is 98.8 Å². The molecule has 2 aliphatic rings. The van der Waals surface area contributed by atoms with Crippen LogP contribution in [0.2, 0.25) is 0 Å². The first-order valence-corrected chi connectivity index (χ1v) is 13.9. The maximum Gasteiger partial charge on any atom is 0.303 e. The van der Waals surface area contributed by atoms with Crippen molar-refractivity contribution in [2.75, 3.05) is 7.11 Å². The number of carbonyl (C=O) groups excluding carboxylic acids is 4. The number of Topliss-reactive ketones (excluding diaryl/α,β-unsaturated/α-hetero) is 1. The highest BCUT2D eigenvalue weighted by Gasteiger charge is 2.31. The number of carbonyl (C=O) groups is 4. The van der Waals surface area contributed by atoms with Crippen LogP contribution in [0.3, 0.4) is 0 Å². The van der Waals surface area contributed by atoms with Gasteiger partial charge in [-0.2, -0.15) is 0 Å². The summed E-state index contributed by atoms with van der Waals surface area (Å²) in [5.74, 6) is -1.18. The largest absolute Gasteiger partial charge is 0.457 e. The fraction of sp³-hybridized carbons (Fsp3) is 0.562. The van der Waals surface area contributed by atoms with Crippen LogP contribution in [0.4, 0.5) is 0 Å². The monoisotopic (exact) mass is 539 g/mol. The van der Waals surface area contributed by atoms with E-state index in [2.05, 4.69) is 25.2 Å². The van der Waals surface area contributed by atoms with E-state index in [0.717, 1.165) is 12.0 Å². The summed E-state index contributed by atoms with van der Waals surface area (Å²) in [5.41, 5.74) is 2.20. The van der Waals surface area contributed by atoms with E-state index in [9.17, 15) is 19.2 Å². The molecule has 1 aliphatic heterocycles. The SMILES string of the molecule is CCC1/C=C\C=C(/C)C(=O)NC2=CC(=O)C(C)=C(C[C@@H](C)CC(OC)C(C)[C@@H](C)/C=C(\C)C1OC(C)=O)C2=O. The van der Waals surface area contributed by atoms with Gasteiger partial charge in [0.1, 0.15) is 6.10 Å². The van der Waals surface area contributed by atoms with Crippen LogP contribution >= 0.6 is 0 Å². The van der Waals surface area contributed by atoms with Crippen LogP contribution in [0.1, 0.15) is 74.7 Å². The summed E-state index contributed by atoms with van der Waals surface area (Å²) in [4.78, 5) is 50.9. The van der Waals surface area contributed by atoms with E-state index >= 15 is 0 Å². The quantitative estimate of drug-likeness (QED) is 0.286. The molecule has 0 fully saturated rings.